The van der Waals surface area contributed by atoms with Crippen molar-refractivity contribution in [2.75, 3.05) is 0 Å². The highest BCUT2D eigenvalue weighted by Crippen LogP contribution is 2.45. The molecular formula is C8H11NS. The lowest BCUT2D eigenvalue weighted by molar-refractivity contribution is 0.422. The molecule has 0 aromatic heterocycles. The molecule has 0 aliphatic heterocycles. The summed E-state index contributed by atoms with van der Waals surface area (Å²) in [6.07, 6.45) is 5.52. The zero-order valence-corrected chi connectivity index (χ0v) is 6.73. The summed E-state index contributed by atoms with van der Waals surface area (Å²) >= 11 is 4.59. The Morgan fingerprint density at radius 1 is 1.30 bits per heavy atom. The zero-order chi connectivity index (χ0) is 6.97. The van der Waals surface area contributed by atoms with Crippen molar-refractivity contribution in [3.63, 3.8) is 0 Å². The predicted octanol–water partition coefficient (Wildman–Crippen LogP) is 2.28. The molecular weight excluding hydrogens is 142 g/mol. The fourth-order valence-corrected chi connectivity index (χ4v) is 2.57. The van der Waals surface area contributed by atoms with Crippen LogP contribution in [0.15, 0.2) is 4.99 Å². The van der Waals surface area contributed by atoms with Crippen molar-refractivity contribution in [3.8, 4) is 0 Å². The van der Waals surface area contributed by atoms with Crippen LogP contribution in [0.1, 0.15) is 25.7 Å². The third kappa shape index (κ3) is 0.920. The van der Waals surface area contributed by atoms with Crippen LogP contribution >= 0.6 is 12.2 Å². The number of hydrogen-bond acceptors (Lipinski definition) is 2. The van der Waals surface area contributed by atoms with Crippen molar-refractivity contribution in [3.05, 3.63) is 0 Å². The molecule has 10 heavy (non-hydrogen) atoms. The van der Waals surface area contributed by atoms with Crippen molar-refractivity contribution in [1.29, 1.82) is 0 Å². The monoisotopic (exact) mass is 153 g/mol. The van der Waals surface area contributed by atoms with E-state index in [1.807, 2.05) is 0 Å². The van der Waals surface area contributed by atoms with Gasteiger partial charge in [0.25, 0.3) is 0 Å². The van der Waals surface area contributed by atoms with E-state index in [4.69, 9.17) is 0 Å². The standard InChI is InChI=1S/C8H11NS/c10-5-9-8-4-6-1-2-7(8)3-6/h6-8H,1-4H2. The number of hydrogen-bond donors (Lipinski definition) is 0. The number of thiocarbonyl (C=S) groups is 1. The highest BCUT2D eigenvalue weighted by molar-refractivity contribution is 7.78. The van der Waals surface area contributed by atoms with Gasteiger partial charge in [0.15, 0.2) is 0 Å². The minimum Gasteiger partial charge on any atom is -0.229 e. The first-order chi connectivity index (χ1) is 4.90. The summed E-state index contributed by atoms with van der Waals surface area (Å²) in [5.41, 5.74) is 0. The molecule has 0 N–H and O–H groups in total. The summed E-state index contributed by atoms with van der Waals surface area (Å²) in [5, 5.41) is 2.50. The lowest BCUT2D eigenvalue weighted by atomic mass is 9.96. The molecule has 2 heteroatoms. The van der Waals surface area contributed by atoms with E-state index >= 15 is 0 Å². The van der Waals surface area contributed by atoms with Crippen LogP contribution in [-0.2, 0) is 0 Å². The lowest BCUT2D eigenvalue weighted by Crippen LogP contribution is -2.13. The predicted molar refractivity (Wildman–Crippen MR) is 44.3 cm³/mol. The fraction of sp³-hybridized carbons (Fsp3) is 0.875. The van der Waals surface area contributed by atoms with Crippen LogP contribution in [0.25, 0.3) is 0 Å². The molecule has 1 nitrogen and oxygen atoms in total. The van der Waals surface area contributed by atoms with E-state index in [2.05, 4.69) is 22.4 Å². The van der Waals surface area contributed by atoms with Gasteiger partial charge in [0.05, 0.1) is 11.2 Å². The number of isothiocyanates is 1. The van der Waals surface area contributed by atoms with E-state index in [-0.39, 0.29) is 0 Å². The Morgan fingerprint density at radius 3 is 2.70 bits per heavy atom. The Morgan fingerprint density at radius 2 is 2.20 bits per heavy atom. The molecule has 0 amide bonds. The third-order valence-electron chi connectivity index (χ3n) is 2.92. The second-order valence-electron chi connectivity index (χ2n) is 3.46. The molecule has 0 aromatic carbocycles. The first kappa shape index (κ1) is 6.51. The van der Waals surface area contributed by atoms with E-state index in [1.165, 1.54) is 25.7 Å². The van der Waals surface area contributed by atoms with Gasteiger partial charge in [-0.1, -0.05) is 6.42 Å². The Hall–Kier alpha value is -0.200. The van der Waals surface area contributed by atoms with E-state index in [0.29, 0.717) is 6.04 Å². The summed E-state index contributed by atoms with van der Waals surface area (Å²) in [6, 6.07) is 0.552. The van der Waals surface area contributed by atoms with Gasteiger partial charge in [-0.05, 0) is 43.3 Å². The van der Waals surface area contributed by atoms with Gasteiger partial charge in [0, 0.05) is 0 Å². The van der Waals surface area contributed by atoms with Crippen molar-refractivity contribution in [1.82, 2.24) is 0 Å². The molecule has 0 heterocycles. The van der Waals surface area contributed by atoms with E-state index in [1.54, 1.807) is 0 Å². The van der Waals surface area contributed by atoms with Gasteiger partial charge in [0.1, 0.15) is 0 Å². The second kappa shape index (κ2) is 2.44. The fourth-order valence-electron chi connectivity index (χ4n) is 2.44. The average Bonchev–Trinajstić information content (AvgIpc) is 2.48. The zero-order valence-electron chi connectivity index (χ0n) is 5.92. The Bertz CT molecular complexity index is 184. The number of aliphatic imine (C=N–C) groups is 1. The molecule has 2 aliphatic carbocycles. The Kier molecular flexibility index (Phi) is 1.59. The molecule has 0 radical (unpaired) electrons. The highest BCUT2D eigenvalue weighted by atomic mass is 32.1. The van der Waals surface area contributed by atoms with Crippen LogP contribution in [0, 0.1) is 11.8 Å². The van der Waals surface area contributed by atoms with E-state index < -0.39 is 0 Å². The number of rotatable bonds is 1. The highest BCUT2D eigenvalue weighted by Gasteiger charge is 2.39. The van der Waals surface area contributed by atoms with Gasteiger partial charge >= 0.3 is 0 Å². The minimum absolute atomic E-state index is 0.552. The number of nitrogens with zero attached hydrogens (tertiary/aromatic N) is 1. The van der Waals surface area contributed by atoms with Crippen LogP contribution in [0.5, 0.6) is 0 Å². The quantitative estimate of drug-likeness (QED) is 0.416. The molecule has 54 valence electrons. The topological polar surface area (TPSA) is 12.4 Å². The molecule has 2 saturated carbocycles. The van der Waals surface area contributed by atoms with E-state index in [9.17, 15) is 0 Å². The van der Waals surface area contributed by atoms with E-state index in [0.717, 1.165) is 11.8 Å². The smallest absolute Gasteiger partial charge is 0.0633 e. The summed E-state index contributed by atoms with van der Waals surface area (Å²) in [6.45, 7) is 0. The summed E-state index contributed by atoms with van der Waals surface area (Å²) in [4.78, 5) is 4.17. The maximum Gasteiger partial charge on any atom is 0.0633 e. The molecule has 2 bridgehead atoms. The molecule has 0 saturated heterocycles. The maximum atomic E-state index is 4.59. The van der Waals surface area contributed by atoms with Crippen LogP contribution in [-0.4, -0.2) is 11.2 Å². The normalized spacial score (nSPS) is 43.4. The molecule has 0 aromatic rings. The molecule has 2 aliphatic rings. The first-order valence-electron chi connectivity index (χ1n) is 3.97. The second-order valence-corrected chi connectivity index (χ2v) is 3.65. The largest absolute Gasteiger partial charge is 0.229 e. The molecule has 2 fully saturated rings. The van der Waals surface area contributed by atoms with Gasteiger partial charge in [-0.3, -0.25) is 0 Å². The number of fused-ring (bicyclic) bond motifs is 2. The van der Waals surface area contributed by atoms with Crippen LogP contribution in [0.4, 0.5) is 0 Å². The summed E-state index contributed by atoms with van der Waals surface area (Å²) in [7, 11) is 0. The van der Waals surface area contributed by atoms with Gasteiger partial charge in [-0.2, -0.15) is 0 Å². The van der Waals surface area contributed by atoms with Crippen LogP contribution < -0.4 is 0 Å². The lowest BCUT2D eigenvalue weighted by Gasteiger charge is -2.15. The van der Waals surface area contributed by atoms with Gasteiger partial charge in [0.2, 0.25) is 0 Å². The minimum atomic E-state index is 0.552. The van der Waals surface area contributed by atoms with Crippen molar-refractivity contribution in [2.45, 2.75) is 31.7 Å². The molecule has 0 spiro atoms. The average molecular weight is 153 g/mol. The van der Waals surface area contributed by atoms with Crippen LogP contribution in [0.3, 0.4) is 0 Å². The molecule has 3 atom stereocenters. The van der Waals surface area contributed by atoms with Gasteiger partial charge in [-0.15, -0.1) is 0 Å². The van der Waals surface area contributed by atoms with Crippen molar-refractivity contribution in [2.24, 2.45) is 16.8 Å². The SMILES string of the molecule is S=C=NC1CC2CCC1C2. The first-order valence-corrected chi connectivity index (χ1v) is 4.38. The van der Waals surface area contributed by atoms with Gasteiger partial charge in [-0.25, -0.2) is 4.99 Å². The van der Waals surface area contributed by atoms with Crippen LogP contribution in [0.2, 0.25) is 0 Å². The van der Waals surface area contributed by atoms with Crippen molar-refractivity contribution < 1.29 is 0 Å². The van der Waals surface area contributed by atoms with Gasteiger partial charge < -0.3 is 0 Å². The Labute approximate surface area is 66.5 Å². The molecule has 3 unspecified atom stereocenters. The summed E-state index contributed by atoms with van der Waals surface area (Å²) < 4.78 is 0. The third-order valence-corrected chi connectivity index (χ3v) is 3.02. The maximum absolute atomic E-state index is 4.59. The van der Waals surface area contributed by atoms with Crippen molar-refractivity contribution >= 4 is 17.4 Å². The Balaban J connectivity index is 2.08. The molecule has 2 rings (SSSR count). The summed E-state index contributed by atoms with van der Waals surface area (Å²) in [5.74, 6) is 1.84.